The maximum absolute atomic E-state index is 13.7. The predicted molar refractivity (Wildman–Crippen MR) is 215 cm³/mol. The van der Waals surface area contributed by atoms with Crippen LogP contribution in [0.2, 0.25) is 0 Å². The Balaban J connectivity index is 1.10. The maximum atomic E-state index is 13.7. The number of benzene rings is 4. The molecule has 4 heterocycles. The van der Waals surface area contributed by atoms with Crippen molar-refractivity contribution < 1.29 is 28.9 Å². The minimum atomic E-state index is -1.12. The molecule has 1 saturated heterocycles. The number of para-hydroxylation sites is 1. The third-order valence-electron chi connectivity index (χ3n) is 10.2. The highest BCUT2D eigenvalue weighted by Crippen LogP contribution is 2.42. The second-order valence-corrected chi connectivity index (χ2v) is 15.9. The topological polar surface area (TPSA) is 123 Å². The number of carbonyl (C=O) groups is 2. The Morgan fingerprint density at radius 2 is 1.73 bits per heavy atom. The standard InChI is InChI=1S/C44H42N4O6S/c1-26-30(10-8-13-35(26)54-29-17-15-27(16-18-29)23-38-52-21-22-53-38)39-33(44(2,3)4)24-37(46-40(39)42(50)51)48-20-19-28-9-7-11-31(32(28)25-48)41(49)47-43-45-34-12-5-6-14-36(34)55-43/h5-18,24,38H,19-23,25H2,1-4H3,(H,50,51)(H,45,47,49). The molecule has 6 aromatic rings. The smallest absolute Gasteiger partial charge is 0.355 e. The quantitative estimate of drug-likeness (QED) is 0.149. The summed E-state index contributed by atoms with van der Waals surface area (Å²) in [6.45, 7) is 10.4. The molecule has 1 amide bonds. The molecule has 2 N–H and O–H groups in total. The molecule has 10 nitrogen and oxygen atoms in total. The van der Waals surface area contributed by atoms with Crippen LogP contribution in [0, 0.1) is 6.92 Å². The van der Waals surface area contributed by atoms with Gasteiger partial charge in [-0.25, -0.2) is 14.8 Å². The number of amides is 1. The summed E-state index contributed by atoms with van der Waals surface area (Å²) >= 11 is 1.44. The van der Waals surface area contributed by atoms with E-state index in [0.717, 1.165) is 43.6 Å². The SMILES string of the molecule is Cc1c(Oc2ccc(CC3OCCO3)cc2)cccc1-c1c(C(C)(C)C)cc(N2CCc3cccc(C(=O)Nc4nc5ccccc5s4)c3C2)nc1C(=O)O. The lowest BCUT2D eigenvalue weighted by Gasteiger charge is -2.33. The largest absolute Gasteiger partial charge is 0.476 e. The van der Waals surface area contributed by atoms with E-state index in [1.54, 1.807) is 0 Å². The van der Waals surface area contributed by atoms with Gasteiger partial charge in [0.1, 0.15) is 17.3 Å². The molecule has 1 fully saturated rings. The zero-order valence-corrected chi connectivity index (χ0v) is 32.0. The van der Waals surface area contributed by atoms with Gasteiger partial charge in [0.25, 0.3) is 5.91 Å². The van der Waals surface area contributed by atoms with E-state index in [4.69, 9.17) is 19.2 Å². The summed E-state index contributed by atoms with van der Waals surface area (Å²) in [5.41, 5.74) is 6.93. The van der Waals surface area contributed by atoms with E-state index < -0.39 is 11.4 Å². The maximum Gasteiger partial charge on any atom is 0.355 e. The minimum Gasteiger partial charge on any atom is -0.476 e. The van der Waals surface area contributed by atoms with Crippen molar-refractivity contribution in [3.05, 3.63) is 130 Å². The van der Waals surface area contributed by atoms with Crippen LogP contribution in [-0.2, 0) is 34.3 Å². The number of aromatic nitrogens is 2. The van der Waals surface area contributed by atoms with Crippen molar-refractivity contribution in [1.82, 2.24) is 9.97 Å². The van der Waals surface area contributed by atoms with E-state index in [2.05, 4.69) is 36.0 Å². The van der Waals surface area contributed by atoms with E-state index in [0.29, 0.717) is 72.7 Å². The number of fused-ring (bicyclic) bond motifs is 2. The Morgan fingerprint density at radius 1 is 0.964 bits per heavy atom. The zero-order chi connectivity index (χ0) is 38.3. The second-order valence-electron chi connectivity index (χ2n) is 14.9. The van der Waals surface area contributed by atoms with Gasteiger partial charge in [-0.05, 0) is 94.6 Å². The van der Waals surface area contributed by atoms with Crippen LogP contribution < -0.4 is 15.0 Å². The Morgan fingerprint density at radius 3 is 2.47 bits per heavy atom. The minimum absolute atomic E-state index is 0.0314. The highest BCUT2D eigenvalue weighted by Gasteiger charge is 2.31. The lowest BCUT2D eigenvalue weighted by molar-refractivity contribution is -0.0400. The fourth-order valence-corrected chi connectivity index (χ4v) is 8.19. The first-order chi connectivity index (χ1) is 26.5. The number of nitrogens with zero attached hydrogens (tertiary/aromatic N) is 3. The Bertz CT molecular complexity index is 2380. The van der Waals surface area contributed by atoms with Crippen molar-refractivity contribution in [2.75, 3.05) is 30.0 Å². The molecule has 2 aromatic heterocycles. The number of carboxylic acids is 1. The number of thiazole rings is 1. The van der Waals surface area contributed by atoms with Crippen molar-refractivity contribution in [2.24, 2.45) is 0 Å². The number of hydrogen-bond acceptors (Lipinski definition) is 9. The predicted octanol–water partition coefficient (Wildman–Crippen LogP) is 9.19. The fraction of sp³-hybridized carbons (Fsp3) is 0.273. The monoisotopic (exact) mass is 754 g/mol. The molecule has 0 saturated carbocycles. The number of carbonyl (C=O) groups excluding carboxylic acids is 1. The average Bonchev–Trinajstić information content (AvgIpc) is 3.84. The van der Waals surface area contributed by atoms with Crippen LogP contribution in [0.25, 0.3) is 21.3 Å². The van der Waals surface area contributed by atoms with Gasteiger partial charge in [-0.1, -0.05) is 80.6 Å². The molecule has 0 aliphatic carbocycles. The highest BCUT2D eigenvalue weighted by atomic mass is 32.1. The van der Waals surface area contributed by atoms with Gasteiger partial charge in [-0.15, -0.1) is 0 Å². The molecular formula is C44H42N4O6S. The number of anilines is 2. The first-order valence-electron chi connectivity index (χ1n) is 18.4. The number of rotatable bonds is 9. The summed E-state index contributed by atoms with van der Waals surface area (Å²) in [7, 11) is 0. The molecule has 2 aliphatic heterocycles. The van der Waals surface area contributed by atoms with Crippen LogP contribution in [0.4, 0.5) is 10.9 Å². The Kier molecular flexibility index (Phi) is 9.85. The van der Waals surface area contributed by atoms with Crippen LogP contribution in [-0.4, -0.2) is 53.0 Å². The average molecular weight is 755 g/mol. The molecule has 280 valence electrons. The van der Waals surface area contributed by atoms with E-state index in [9.17, 15) is 14.7 Å². The van der Waals surface area contributed by atoms with Crippen LogP contribution >= 0.6 is 11.3 Å². The number of nitrogens with one attached hydrogen (secondary N) is 1. The van der Waals surface area contributed by atoms with Crippen molar-refractivity contribution in [1.29, 1.82) is 0 Å². The Labute approximate surface area is 323 Å². The number of pyridine rings is 1. The molecule has 0 spiro atoms. The second kappa shape index (κ2) is 14.9. The van der Waals surface area contributed by atoms with Crippen LogP contribution in [0.1, 0.15) is 69.4 Å². The lowest BCUT2D eigenvalue weighted by Crippen LogP contribution is -2.33. The first kappa shape index (κ1) is 36.4. The molecule has 8 rings (SSSR count). The van der Waals surface area contributed by atoms with Gasteiger partial charge in [0.15, 0.2) is 17.1 Å². The summed E-state index contributed by atoms with van der Waals surface area (Å²) in [6, 6.07) is 29.1. The molecule has 0 atom stereocenters. The number of aromatic carboxylic acids is 1. The summed E-state index contributed by atoms with van der Waals surface area (Å²) in [5, 5.41) is 14.3. The summed E-state index contributed by atoms with van der Waals surface area (Å²) in [6.07, 6.45) is 1.11. The van der Waals surface area contributed by atoms with E-state index in [-0.39, 0.29) is 17.9 Å². The van der Waals surface area contributed by atoms with Gasteiger partial charge in [0.05, 0.1) is 23.4 Å². The lowest BCUT2D eigenvalue weighted by atomic mass is 9.80. The van der Waals surface area contributed by atoms with Crippen molar-refractivity contribution in [3.63, 3.8) is 0 Å². The molecule has 11 heteroatoms. The normalized spacial score (nSPS) is 14.6. The van der Waals surface area contributed by atoms with Gasteiger partial charge in [-0.3, -0.25) is 10.1 Å². The van der Waals surface area contributed by atoms with Gasteiger partial charge in [-0.2, -0.15) is 0 Å². The number of hydrogen-bond donors (Lipinski definition) is 2. The third kappa shape index (κ3) is 7.55. The molecule has 0 radical (unpaired) electrons. The van der Waals surface area contributed by atoms with Crippen molar-refractivity contribution >= 4 is 44.4 Å². The van der Waals surface area contributed by atoms with E-state index in [1.807, 2.05) is 97.9 Å². The molecule has 0 bridgehead atoms. The number of ether oxygens (including phenoxy) is 3. The summed E-state index contributed by atoms with van der Waals surface area (Å²) in [5.74, 6) is 0.490. The Hall–Kier alpha value is -5.62. The van der Waals surface area contributed by atoms with E-state index in [1.165, 1.54) is 11.3 Å². The van der Waals surface area contributed by atoms with Crippen molar-refractivity contribution in [3.8, 4) is 22.6 Å². The van der Waals surface area contributed by atoms with Crippen LogP contribution in [0.5, 0.6) is 11.5 Å². The molecule has 2 aliphatic rings. The highest BCUT2D eigenvalue weighted by molar-refractivity contribution is 7.22. The molecule has 4 aromatic carbocycles. The van der Waals surface area contributed by atoms with Gasteiger partial charge in [0.2, 0.25) is 0 Å². The first-order valence-corrected chi connectivity index (χ1v) is 19.2. The summed E-state index contributed by atoms with van der Waals surface area (Å²) < 4.78 is 18.6. The van der Waals surface area contributed by atoms with Gasteiger partial charge in [0, 0.05) is 30.6 Å². The molecular weight excluding hydrogens is 713 g/mol. The van der Waals surface area contributed by atoms with Crippen molar-refractivity contribution in [2.45, 2.75) is 58.8 Å². The number of carboxylic acid groups (broad SMARTS) is 1. The third-order valence-corrected chi connectivity index (χ3v) is 11.1. The van der Waals surface area contributed by atoms with Crippen LogP contribution in [0.15, 0.2) is 91.0 Å². The molecule has 0 unspecified atom stereocenters. The van der Waals surface area contributed by atoms with E-state index >= 15 is 0 Å². The van der Waals surface area contributed by atoms with Gasteiger partial charge >= 0.3 is 5.97 Å². The summed E-state index contributed by atoms with van der Waals surface area (Å²) in [4.78, 5) is 38.4. The van der Waals surface area contributed by atoms with Crippen LogP contribution in [0.3, 0.4) is 0 Å². The zero-order valence-electron chi connectivity index (χ0n) is 31.2. The van der Waals surface area contributed by atoms with Gasteiger partial charge < -0.3 is 24.2 Å². The molecule has 55 heavy (non-hydrogen) atoms. The fourth-order valence-electron chi connectivity index (χ4n) is 7.33.